The molecular weight excluding hydrogens is 430 g/mol. The summed E-state index contributed by atoms with van der Waals surface area (Å²) in [6.07, 6.45) is 4.63. The van der Waals surface area contributed by atoms with Crippen LogP contribution in [0.15, 0.2) is 9.42 Å². The lowest BCUT2D eigenvalue weighted by Gasteiger charge is -2.58. The molecule has 1 N–H and O–H groups in total. The van der Waals surface area contributed by atoms with Gasteiger partial charge in [-0.25, -0.2) is 0 Å². The summed E-state index contributed by atoms with van der Waals surface area (Å²) in [5, 5.41) is 16.6. The lowest BCUT2D eigenvalue weighted by atomic mass is 9.52. The Morgan fingerprint density at radius 3 is 2.66 bits per heavy atom. The number of carbonyl (C=O) groups is 2. The number of carbonyl (C=O) groups excluding carboxylic acids is 2. The second-order valence-corrected chi connectivity index (χ2v) is 12.0. The number of aromatic nitrogens is 1. The van der Waals surface area contributed by atoms with Crippen LogP contribution in [0.2, 0.25) is 0 Å². The zero-order valence-corrected chi connectivity index (χ0v) is 19.9. The van der Waals surface area contributed by atoms with E-state index in [0.717, 1.165) is 32.1 Å². The van der Waals surface area contributed by atoms with Gasteiger partial charge < -0.3 is 19.3 Å². The summed E-state index contributed by atoms with van der Waals surface area (Å²) in [7, 11) is 0. The molecule has 2 unspecified atom stereocenters. The lowest BCUT2D eigenvalue weighted by Crippen LogP contribution is -2.62. The van der Waals surface area contributed by atoms with Crippen molar-refractivity contribution < 1.29 is 23.6 Å². The molecule has 4 fully saturated rings. The summed E-state index contributed by atoms with van der Waals surface area (Å²) in [5.41, 5.74) is -1.03. The average molecular weight is 462 g/mol. The van der Waals surface area contributed by atoms with Crippen LogP contribution in [0.1, 0.15) is 70.4 Å². The highest BCUT2D eigenvalue weighted by Crippen LogP contribution is 2.57. The van der Waals surface area contributed by atoms with Gasteiger partial charge >= 0.3 is 0 Å². The predicted octanol–water partition coefficient (Wildman–Crippen LogP) is 3.95. The Labute approximate surface area is 192 Å². The summed E-state index contributed by atoms with van der Waals surface area (Å²) in [5.74, 6) is 1.25. The molecule has 5 rings (SSSR count). The topological polar surface area (TPSA) is 114 Å². The van der Waals surface area contributed by atoms with E-state index in [1.165, 1.54) is 11.8 Å². The molecule has 0 saturated heterocycles. The van der Waals surface area contributed by atoms with E-state index in [1.54, 1.807) is 13.8 Å². The zero-order valence-electron chi connectivity index (χ0n) is 19.1. The van der Waals surface area contributed by atoms with Gasteiger partial charge in [-0.05, 0) is 68.9 Å². The molecule has 0 aliphatic heterocycles. The van der Waals surface area contributed by atoms with E-state index in [2.05, 4.69) is 16.5 Å². The largest absolute Gasteiger partial charge is 0.473 e. The summed E-state index contributed by atoms with van der Waals surface area (Å²) in [6, 6.07) is 2.23. The van der Waals surface area contributed by atoms with Gasteiger partial charge in [0, 0.05) is 11.3 Å². The molecule has 0 aromatic carbocycles. The van der Waals surface area contributed by atoms with Crippen molar-refractivity contribution in [1.82, 2.24) is 10.5 Å². The average Bonchev–Trinajstić information content (AvgIpc) is 3.10. The number of amides is 1. The van der Waals surface area contributed by atoms with Crippen LogP contribution in [0.4, 0.5) is 0 Å². The number of hydrogen-bond acceptors (Lipinski definition) is 8. The van der Waals surface area contributed by atoms with Crippen LogP contribution in [0, 0.1) is 34.5 Å². The third kappa shape index (κ3) is 4.47. The van der Waals surface area contributed by atoms with Crippen molar-refractivity contribution in [2.75, 3.05) is 6.61 Å². The second kappa shape index (κ2) is 8.62. The van der Waals surface area contributed by atoms with Gasteiger partial charge in [0.05, 0.1) is 11.5 Å². The Kier molecular flexibility index (Phi) is 6.19. The van der Waals surface area contributed by atoms with Crippen molar-refractivity contribution in [2.45, 2.75) is 81.6 Å². The van der Waals surface area contributed by atoms with E-state index >= 15 is 0 Å². The van der Waals surface area contributed by atoms with Crippen molar-refractivity contribution in [2.24, 2.45) is 23.2 Å². The highest BCUT2D eigenvalue weighted by atomic mass is 32.2. The molecule has 1 heterocycles. The van der Waals surface area contributed by atoms with E-state index in [-0.39, 0.29) is 41.0 Å². The van der Waals surface area contributed by atoms with Gasteiger partial charge in [-0.3, -0.25) is 9.59 Å². The van der Waals surface area contributed by atoms with Crippen LogP contribution in [-0.2, 0) is 9.53 Å². The van der Waals surface area contributed by atoms with Gasteiger partial charge in [0.2, 0.25) is 5.76 Å². The van der Waals surface area contributed by atoms with Gasteiger partial charge in [-0.15, -0.1) is 11.8 Å². The fourth-order valence-corrected chi connectivity index (χ4v) is 6.68. The van der Waals surface area contributed by atoms with Crippen LogP contribution in [0.25, 0.3) is 0 Å². The first-order chi connectivity index (χ1) is 15.1. The number of thioether (sulfide) groups is 1. The molecule has 4 aliphatic rings. The number of nitrogens with one attached hydrogen (secondary N) is 1. The molecule has 174 valence electrons. The van der Waals surface area contributed by atoms with E-state index in [0.29, 0.717) is 29.1 Å². The summed E-state index contributed by atoms with van der Waals surface area (Å²) >= 11 is 1.46. The van der Waals surface area contributed by atoms with Crippen molar-refractivity contribution >= 4 is 24.1 Å². The summed E-state index contributed by atoms with van der Waals surface area (Å²) in [4.78, 5) is 24.9. The van der Waals surface area contributed by atoms with E-state index in [1.807, 2.05) is 13.8 Å². The SMILES string of the molecule is CC(C)Sc1c(OCC(C)(C)C#N)noc1C(=O)NC1C2CC3CC1CC(OC=O)(C3)C2. The predicted molar refractivity (Wildman–Crippen MR) is 117 cm³/mol. The number of nitrogens with zero attached hydrogens (tertiary/aromatic N) is 2. The van der Waals surface area contributed by atoms with E-state index in [9.17, 15) is 14.9 Å². The summed E-state index contributed by atoms with van der Waals surface area (Å²) < 4.78 is 16.8. The van der Waals surface area contributed by atoms with Gasteiger partial charge in [0.25, 0.3) is 18.3 Å². The van der Waals surface area contributed by atoms with Crippen LogP contribution >= 0.6 is 11.8 Å². The third-order valence-electron chi connectivity index (χ3n) is 6.87. The molecule has 0 spiro atoms. The van der Waals surface area contributed by atoms with Crippen LogP contribution in [0.3, 0.4) is 0 Å². The Hall–Kier alpha value is -2.21. The maximum Gasteiger partial charge on any atom is 0.293 e. The first kappa shape index (κ1) is 23.0. The molecule has 32 heavy (non-hydrogen) atoms. The zero-order chi connectivity index (χ0) is 23.1. The monoisotopic (exact) mass is 461 g/mol. The molecule has 4 bridgehead atoms. The molecule has 9 heteroatoms. The van der Waals surface area contributed by atoms with Crippen LogP contribution in [-0.4, -0.2) is 41.0 Å². The fraction of sp³-hybridized carbons (Fsp3) is 0.739. The Morgan fingerprint density at radius 2 is 2.06 bits per heavy atom. The molecular formula is C23H31N3O5S. The number of rotatable bonds is 9. The number of nitriles is 1. The number of hydrogen-bond donors (Lipinski definition) is 1. The van der Waals surface area contributed by atoms with Crippen molar-refractivity contribution in [1.29, 1.82) is 5.26 Å². The molecule has 4 saturated carbocycles. The van der Waals surface area contributed by atoms with Crippen molar-refractivity contribution in [3.05, 3.63) is 5.76 Å². The molecule has 8 nitrogen and oxygen atoms in total. The van der Waals surface area contributed by atoms with Gasteiger partial charge in [0.15, 0.2) is 0 Å². The quantitative estimate of drug-likeness (QED) is 0.434. The Bertz CT molecular complexity index is 905. The van der Waals surface area contributed by atoms with Crippen molar-refractivity contribution in [3.63, 3.8) is 0 Å². The third-order valence-corrected chi connectivity index (χ3v) is 7.93. The van der Waals surface area contributed by atoms with Crippen LogP contribution in [0.5, 0.6) is 5.88 Å². The summed E-state index contributed by atoms with van der Waals surface area (Å²) in [6.45, 7) is 8.34. The maximum atomic E-state index is 13.3. The lowest BCUT2D eigenvalue weighted by molar-refractivity contribution is -0.177. The molecule has 0 radical (unpaired) electrons. The standard InChI is InChI=1S/C23H31N3O5S/c1-13(2)32-19-18(31-26-21(19)29-11-22(3,4)10-24)20(28)25-17-15-5-14-6-16(17)9-23(7-14,8-15)30-12-27/h12-17H,5-9,11H2,1-4H3,(H,25,28). The van der Waals surface area contributed by atoms with Gasteiger partial charge in [-0.1, -0.05) is 13.8 Å². The highest BCUT2D eigenvalue weighted by Gasteiger charge is 2.57. The number of ether oxygens (including phenoxy) is 2. The normalized spacial score (nSPS) is 30.8. The Morgan fingerprint density at radius 1 is 1.38 bits per heavy atom. The van der Waals surface area contributed by atoms with Crippen molar-refractivity contribution in [3.8, 4) is 11.9 Å². The molecule has 1 amide bonds. The van der Waals surface area contributed by atoms with Crippen LogP contribution < -0.4 is 10.1 Å². The minimum absolute atomic E-state index is 0.0336. The first-order valence-corrected chi connectivity index (χ1v) is 12.2. The minimum Gasteiger partial charge on any atom is -0.473 e. The van der Waals surface area contributed by atoms with E-state index < -0.39 is 5.41 Å². The minimum atomic E-state index is -0.679. The molecule has 1 aromatic heterocycles. The molecule has 2 atom stereocenters. The molecule has 4 aliphatic carbocycles. The highest BCUT2D eigenvalue weighted by molar-refractivity contribution is 8.00. The maximum absolute atomic E-state index is 13.3. The van der Waals surface area contributed by atoms with Gasteiger partial charge in [-0.2, -0.15) is 5.26 Å². The molecule has 1 aromatic rings. The van der Waals surface area contributed by atoms with Gasteiger partial charge in [0.1, 0.15) is 17.1 Å². The second-order valence-electron chi connectivity index (χ2n) is 10.5. The van der Waals surface area contributed by atoms with E-state index in [4.69, 9.17) is 14.0 Å². The Balaban J connectivity index is 1.50. The first-order valence-electron chi connectivity index (χ1n) is 11.3. The smallest absolute Gasteiger partial charge is 0.293 e. The fourth-order valence-electron chi connectivity index (χ4n) is 5.77.